The Balaban J connectivity index is 1.26. The third-order valence-electron chi connectivity index (χ3n) is 11.4. The molecule has 240 valence electrons. The maximum Gasteiger partial charge on any atom is 0.319 e. The van der Waals surface area contributed by atoms with Crippen LogP contribution in [-0.2, 0) is 0 Å². The fraction of sp³-hybridized carbons (Fsp3) is 0.514. The molecule has 5 aliphatic rings. The number of phenols is 1. The Kier molecular flexibility index (Phi) is 6.29. The molecular weight excluding hydrogens is 593 g/mol. The third kappa shape index (κ3) is 4.16. The van der Waals surface area contributed by atoms with Crippen LogP contribution in [0.25, 0.3) is 32.9 Å². The molecule has 0 amide bonds. The standard InChI is InChI=1S/C35H37F3N6O2/c1-17-10-26-25-7-5-21(39-25)15-44(26)33-28-30(17)40-31(23-12-22(45)11-19-4-6-24(37)18(2)27(19)23)29(38)32(28)41-34(42-33)46-16-35-8-3-9-43(35)14-20(36)13-35/h4,6,11-12,17,20-21,25-26,39,45H,3,5,7-10,13-16H2,1-2H3/t17-,20-,21-,25+,26-,35+/m1/s1. The number of ether oxygens (including phenoxy) is 1. The second kappa shape index (κ2) is 10.1. The minimum absolute atomic E-state index is 0.00990. The molecular formula is C35H37F3N6O2. The maximum absolute atomic E-state index is 17.1. The van der Waals surface area contributed by atoms with Crippen molar-refractivity contribution in [2.75, 3.05) is 31.1 Å². The summed E-state index contributed by atoms with van der Waals surface area (Å²) in [7, 11) is 0. The number of hydrogen-bond donors (Lipinski definition) is 2. The molecule has 0 radical (unpaired) electrons. The summed E-state index contributed by atoms with van der Waals surface area (Å²) in [6.07, 6.45) is 4.24. The van der Waals surface area contributed by atoms with Gasteiger partial charge in [0.05, 0.1) is 16.6 Å². The van der Waals surface area contributed by atoms with E-state index >= 15 is 4.39 Å². The molecule has 5 aliphatic heterocycles. The molecule has 4 saturated heterocycles. The van der Waals surface area contributed by atoms with E-state index in [2.05, 4.69) is 22.0 Å². The van der Waals surface area contributed by atoms with Crippen LogP contribution in [0.15, 0.2) is 24.3 Å². The number of aromatic hydroxyl groups is 1. The van der Waals surface area contributed by atoms with Gasteiger partial charge in [-0.2, -0.15) is 9.97 Å². The van der Waals surface area contributed by atoms with Gasteiger partial charge >= 0.3 is 6.01 Å². The van der Waals surface area contributed by atoms with E-state index in [1.807, 2.05) is 0 Å². The SMILES string of the molecule is Cc1c(F)ccc2cc(O)cc(-c3nc4c5c(nc(OC[C@@]67CCCN6C[C@H](F)C7)nc5c3F)N3C[C@H]5CC[C@H](N5)[C@H]3C[C@H]4C)c12. The zero-order valence-corrected chi connectivity index (χ0v) is 26.0. The van der Waals surface area contributed by atoms with Crippen LogP contribution < -0.4 is 15.0 Å². The molecule has 9 rings (SSSR count). The summed E-state index contributed by atoms with van der Waals surface area (Å²) in [6.45, 7) is 5.96. The molecule has 0 saturated carbocycles. The number of alkyl halides is 1. The zero-order valence-electron chi connectivity index (χ0n) is 26.0. The summed E-state index contributed by atoms with van der Waals surface area (Å²) >= 11 is 0. The van der Waals surface area contributed by atoms with Crippen LogP contribution in [0.5, 0.6) is 11.8 Å². The maximum atomic E-state index is 17.1. The highest BCUT2D eigenvalue weighted by atomic mass is 19.1. The van der Waals surface area contributed by atoms with E-state index in [1.54, 1.807) is 19.1 Å². The van der Waals surface area contributed by atoms with Crippen molar-refractivity contribution in [1.29, 1.82) is 0 Å². The van der Waals surface area contributed by atoms with Gasteiger partial charge in [0.15, 0.2) is 5.82 Å². The number of piperazine rings is 1. The number of phenolic OH excluding ortho intramolecular Hbond substituents is 1. The Morgan fingerprint density at radius 2 is 1.98 bits per heavy atom. The third-order valence-corrected chi connectivity index (χ3v) is 11.4. The Hall–Kier alpha value is -3.70. The lowest BCUT2D eigenvalue weighted by Crippen LogP contribution is -2.58. The second-order valence-electron chi connectivity index (χ2n) is 14.2. The quantitative estimate of drug-likeness (QED) is 0.288. The predicted octanol–water partition coefficient (Wildman–Crippen LogP) is 5.91. The van der Waals surface area contributed by atoms with Gasteiger partial charge < -0.3 is 20.1 Å². The highest BCUT2D eigenvalue weighted by Gasteiger charge is 2.50. The number of benzene rings is 2. The van der Waals surface area contributed by atoms with E-state index in [0.717, 1.165) is 45.2 Å². The summed E-state index contributed by atoms with van der Waals surface area (Å²) in [5.41, 5.74) is 1.03. The minimum atomic E-state index is -0.899. The molecule has 8 nitrogen and oxygen atoms in total. The van der Waals surface area contributed by atoms with E-state index in [1.165, 1.54) is 12.1 Å². The summed E-state index contributed by atoms with van der Waals surface area (Å²) in [4.78, 5) is 19.2. The minimum Gasteiger partial charge on any atom is -0.508 e. The molecule has 0 aliphatic carbocycles. The van der Waals surface area contributed by atoms with Gasteiger partial charge in [-0.15, -0.1) is 0 Å². The fourth-order valence-corrected chi connectivity index (χ4v) is 9.31. The van der Waals surface area contributed by atoms with Crippen molar-refractivity contribution in [2.24, 2.45) is 0 Å². The summed E-state index contributed by atoms with van der Waals surface area (Å²) in [5.74, 6) is -0.591. The van der Waals surface area contributed by atoms with Gasteiger partial charge in [0.25, 0.3) is 0 Å². The van der Waals surface area contributed by atoms with Crippen molar-refractivity contribution < 1.29 is 23.0 Å². The van der Waals surface area contributed by atoms with E-state index in [9.17, 15) is 13.9 Å². The van der Waals surface area contributed by atoms with Crippen molar-refractivity contribution in [3.63, 3.8) is 0 Å². The number of rotatable bonds is 4. The van der Waals surface area contributed by atoms with Crippen molar-refractivity contribution in [3.05, 3.63) is 47.2 Å². The van der Waals surface area contributed by atoms with Crippen LogP contribution in [-0.4, -0.2) is 81.0 Å². The number of aryl methyl sites for hydroxylation is 1. The van der Waals surface area contributed by atoms with Gasteiger partial charge in [0, 0.05) is 49.1 Å². The first-order valence-corrected chi connectivity index (χ1v) is 16.6. The monoisotopic (exact) mass is 630 g/mol. The molecule has 4 aromatic rings. The average Bonchev–Trinajstić information content (AvgIpc) is 3.68. The topological polar surface area (TPSA) is 86.6 Å². The summed E-state index contributed by atoms with van der Waals surface area (Å²) in [6, 6.07) is 6.72. The number of pyridine rings is 1. The molecule has 7 heterocycles. The first-order chi connectivity index (χ1) is 22.2. The lowest BCUT2D eigenvalue weighted by molar-refractivity contribution is 0.107. The van der Waals surface area contributed by atoms with Crippen LogP contribution in [0.4, 0.5) is 19.0 Å². The molecule has 2 bridgehead atoms. The van der Waals surface area contributed by atoms with E-state index in [0.29, 0.717) is 57.8 Å². The first-order valence-electron chi connectivity index (χ1n) is 16.6. The van der Waals surface area contributed by atoms with E-state index in [-0.39, 0.29) is 47.6 Å². The number of aromatic nitrogens is 3. The number of anilines is 1. The molecule has 2 aromatic carbocycles. The van der Waals surface area contributed by atoms with Crippen molar-refractivity contribution in [3.8, 4) is 23.0 Å². The molecule has 11 heteroatoms. The Morgan fingerprint density at radius 1 is 1.11 bits per heavy atom. The lowest BCUT2D eigenvalue weighted by atomic mass is 9.91. The molecule has 6 atom stereocenters. The van der Waals surface area contributed by atoms with Crippen molar-refractivity contribution in [2.45, 2.75) is 88.1 Å². The van der Waals surface area contributed by atoms with Gasteiger partial charge in [-0.05, 0) is 80.1 Å². The van der Waals surface area contributed by atoms with Crippen molar-refractivity contribution in [1.82, 2.24) is 25.2 Å². The molecule has 0 unspecified atom stereocenters. The van der Waals surface area contributed by atoms with Crippen LogP contribution in [0.3, 0.4) is 0 Å². The molecule has 2 aromatic heterocycles. The fourth-order valence-electron chi connectivity index (χ4n) is 9.31. The van der Waals surface area contributed by atoms with Gasteiger partial charge in [-0.3, -0.25) is 4.90 Å². The number of nitrogens with one attached hydrogen (secondary N) is 1. The van der Waals surface area contributed by atoms with Gasteiger partial charge in [0.1, 0.15) is 41.4 Å². The smallest absolute Gasteiger partial charge is 0.319 e. The predicted molar refractivity (Wildman–Crippen MR) is 169 cm³/mol. The largest absolute Gasteiger partial charge is 0.508 e. The Labute approximate surface area is 265 Å². The number of nitrogens with zero attached hydrogens (tertiary/aromatic N) is 5. The van der Waals surface area contributed by atoms with Gasteiger partial charge in [-0.1, -0.05) is 13.0 Å². The number of hydrogen-bond acceptors (Lipinski definition) is 8. The van der Waals surface area contributed by atoms with E-state index < -0.39 is 23.3 Å². The van der Waals surface area contributed by atoms with Crippen LogP contribution in [0, 0.1) is 18.6 Å². The second-order valence-corrected chi connectivity index (χ2v) is 14.2. The molecule has 2 N–H and O–H groups in total. The average molecular weight is 631 g/mol. The Bertz CT molecular complexity index is 1920. The first kappa shape index (κ1) is 28.5. The normalized spacial score (nSPS) is 30.2. The van der Waals surface area contributed by atoms with Gasteiger partial charge in [-0.25, -0.2) is 18.2 Å². The van der Waals surface area contributed by atoms with Crippen LogP contribution in [0.2, 0.25) is 0 Å². The highest BCUT2D eigenvalue weighted by molar-refractivity contribution is 6.02. The van der Waals surface area contributed by atoms with Crippen molar-refractivity contribution >= 4 is 27.5 Å². The molecule has 4 fully saturated rings. The summed E-state index contributed by atoms with van der Waals surface area (Å²) < 4.78 is 52.9. The zero-order chi connectivity index (χ0) is 31.5. The van der Waals surface area contributed by atoms with Gasteiger partial charge in [0.2, 0.25) is 0 Å². The number of halogens is 3. The lowest BCUT2D eigenvalue weighted by Gasteiger charge is -2.41. The molecule has 46 heavy (non-hydrogen) atoms. The summed E-state index contributed by atoms with van der Waals surface area (Å²) in [5, 5.41) is 16.1. The van der Waals surface area contributed by atoms with E-state index in [4.69, 9.17) is 19.7 Å². The van der Waals surface area contributed by atoms with Crippen LogP contribution >= 0.6 is 0 Å². The van der Waals surface area contributed by atoms with Crippen LogP contribution in [0.1, 0.15) is 62.6 Å². The number of fused-ring (bicyclic) bond motifs is 7. The Morgan fingerprint density at radius 3 is 2.85 bits per heavy atom. The highest BCUT2D eigenvalue weighted by Crippen LogP contribution is 2.47. The molecule has 0 spiro atoms.